The highest BCUT2D eigenvalue weighted by atomic mass is 14.9. The minimum Gasteiger partial charge on any atom is -0.265 e. The quantitative estimate of drug-likeness (QED) is 0.188. The Morgan fingerprint density at radius 1 is 0.426 bits per heavy atom. The first kappa shape index (κ1) is 27.4. The van der Waals surface area contributed by atoms with Gasteiger partial charge in [-0.15, -0.1) is 0 Å². The van der Waals surface area contributed by atoms with Crippen LogP contribution in [0.2, 0.25) is 0 Å². The van der Waals surface area contributed by atoms with Gasteiger partial charge in [0, 0.05) is 34.5 Å². The number of aromatic nitrogens is 3. The molecule has 0 radical (unpaired) electrons. The molecule has 0 amide bonds. The third kappa shape index (κ3) is 4.54. The number of fused-ring (bicyclic) bond motifs is 6. The summed E-state index contributed by atoms with van der Waals surface area (Å²) in [6.07, 6.45) is 3.64. The van der Waals surface area contributed by atoms with Gasteiger partial charge in [-0.3, -0.25) is 4.98 Å². The minimum atomic E-state index is -0.0378. The molecule has 9 rings (SSSR count). The molecule has 0 saturated heterocycles. The fraction of sp³-hybridized carbons (Fsp3) is 0.0682. The molecule has 1 aliphatic carbocycles. The Kier molecular flexibility index (Phi) is 6.16. The summed E-state index contributed by atoms with van der Waals surface area (Å²) in [7, 11) is 0. The van der Waals surface area contributed by atoms with E-state index in [4.69, 9.17) is 9.97 Å². The third-order valence-corrected chi connectivity index (χ3v) is 9.79. The van der Waals surface area contributed by atoms with Crippen LogP contribution in [-0.2, 0) is 5.41 Å². The molecule has 1 aliphatic rings. The van der Waals surface area contributed by atoms with Crippen molar-refractivity contribution in [3.8, 4) is 56.2 Å². The van der Waals surface area contributed by atoms with E-state index in [9.17, 15) is 0 Å². The first-order chi connectivity index (χ1) is 23.0. The van der Waals surface area contributed by atoms with Gasteiger partial charge in [0.05, 0.1) is 11.4 Å². The molecule has 0 bridgehead atoms. The van der Waals surface area contributed by atoms with Crippen molar-refractivity contribution in [2.45, 2.75) is 19.3 Å². The van der Waals surface area contributed by atoms with Crippen molar-refractivity contribution in [2.75, 3.05) is 0 Å². The number of hydrogen-bond donors (Lipinski definition) is 0. The number of benzene rings is 6. The highest BCUT2D eigenvalue weighted by molar-refractivity contribution is 6.10. The first-order valence-electron chi connectivity index (χ1n) is 16.1. The molecule has 3 nitrogen and oxygen atoms in total. The lowest BCUT2D eigenvalue weighted by Crippen LogP contribution is -2.14. The van der Waals surface area contributed by atoms with E-state index >= 15 is 0 Å². The van der Waals surface area contributed by atoms with Gasteiger partial charge in [0.25, 0.3) is 0 Å². The SMILES string of the molecule is CC1(C)c2ccccc2-c2cc3ccc4cc(-c5cc(-c6ccccc6)nc(-c6ccc(-c7ccncc7)cc6)n5)ccc4c3cc21. The summed E-state index contributed by atoms with van der Waals surface area (Å²) in [5.74, 6) is 0.707. The second-order valence-electron chi connectivity index (χ2n) is 12.9. The largest absolute Gasteiger partial charge is 0.265 e. The fourth-order valence-electron chi connectivity index (χ4n) is 7.26. The maximum atomic E-state index is 5.14. The van der Waals surface area contributed by atoms with E-state index in [0.29, 0.717) is 5.82 Å². The van der Waals surface area contributed by atoms with Crippen molar-refractivity contribution in [1.29, 1.82) is 0 Å². The Bertz CT molecular complexity index is 2460. The van der Waals surface area contributed by atoms with E-state index < -0.39 is 0 Å². The molecule has 0 spiro atoms. The predicted octanol–water partition coefficient (Wildman–Crippen LogP) is 11.2. The second kappa shape index (κ2) is 10.6. The molecule has 6 aromatic carbocycles. The van der Waals surface area contributed by atoms with Crippen LogP contribution in [0.5, 0.6) is 0 Å². The molecule has 0 unspecified atom stereocenters. The van der Waals surface area contributed by atoms with Gasteiger partial charge < -0.3 is 0 Å². The summed E-state index contributed by atoms with van der Waals surface area (Å²) in [5, 5.41) is 5.01. The number of nitrogens with zero attached hydrogens (tertiary/aromatic N) is 3. The van der Waals surface area contributed by atoms with Crippen LogP contribution < -0.4 is 0 Å². The number of rotatable bonds is 4. The molecule has 0 aliphatic heterocycles. The Balaban J connectivity index is 1.16. The lowest BCUT2D eigenvalue weighted by molar-refractivity contribution is 0.661. The summed E-state index contributed by atoms with van der Waals surface area (Å²) < 4.78 is 0. The van der Waals surface area contributed by atoms with E-state index in [2.05, 4.69) is 140 Å². The molecule has 2 aromatic heterocycles. The zero-order valence-corrected chi connectivity index (χ0v) is 26.3. The van der Waals surface area contributed by atoms with Crippen LogP contribution in [0.1, 0.15) is 25.0 Å². The van der Waals surface area contributed by atoms with Crippen molar-refractivity contribution >= 4 is 21.5 Å². The molecule has 47 heavy (non-hydrogen) atoms. The Morgan fingerprint density at radius 2 is 1.06 bits per heavy atom. The van der Waals surface area contributed by atoms with Gasteiger partial charge in [0.1, 0.15) is 0 Å². The molecular formula is C44H31N3. The highest BCUT2D eigenvalue weighted by Gasteiger charge is 2.35. The predicted molar refractivity (Wildman–Crippen MR) is 194 cm³/mol. The van der Waals surface area contributed by atoms with Gasteiger partial charge in [-0.1, -0.05) is 117 Å². The van der Waals surface area contributed by atoms with E-state index in [0.717, 1.165) is 39.2 Å². The van der Waals surface area contributed by atoms with Crippen LogP contribution in [0.15, 0.2) is 152 Å². The molecule has 0 fully saturated rings. The van der Waals surface area contributed by atoms with Gasteiger partial charge >= 0.3 is 0 Å². The van der Waals surface area contributed by atoms with Crippen LogP contribution in [0.3, 0.4) is 0 Å². The van der Waals surface area contributed by atoms with Crippen LogP contribution >= 0.6 is 0 Å². The molecule has 8 aromatic rings. The van der Waals surface area contributed by atoms with Crippen molar-refractivity contribution in [2.24, 2.45) is 0 Å². The molecule has 0 saturated carbocycles. The summed E-state index contributed by atoms with van der Waals surface area (Å²) in [5.41, 5.74) is 12.6. The molecular weight excluding hydrogens is 571 g/mol. The Hall–Kier alpha value is -5.93. The lowest BCUT2D eigenvalue weighted by atomic mass is 9.81. The number of hydrogen-bond acceptors (Lipinski definition) is 3. The summed E-state index contributed by atoms with van der Waals surface area (Å²) >= 11 is 0. The topological polar surface area (TPSA) is 38.7 Å². The van der Waals surface area contributed by atoms with E-state index in [1.165, 1.54) is 43.8 Å². The van der Waals surface area contributed by atoms with Gasteiger partial charge in [0.15, 0.2) is 5.82 Å². The van der Waals surface area contributed by atoms with Crippen LogP contribution in [0, 0.1) is 0 Å². The Labute approximate surface area is 274 Å². The molecule has 3 heteroatoms. The van der Waals surface area contributed by atoms with Crippen molar-refractivity contribution in [1.82, 2.24) is 15.0 Å². The van der Waals surface area contributed by atoms with Crippen LogP contribution in [-0.4, -0.2) is 15.0 Å². The number of pyridine rings is 1. The fourth-order valence-corrected chi connectivity index (χ4v) is 7.26. The minimum absolute atomic E-state index is 0.0378. The van der Waals surface area contributed by atoms with Gasteiger partial charge in [0.2, 0.25) is 0 Å². The first-order valence-corrected chi connectivity index (χ1v) is 16.1. The maximum absolute atomic E-state index is 5.14. The normalized spacial score (nSPS) is 13.1. The average molecular weight is 602 g/mol. The lowest BCUT2D eigenvalue weighted by Gasteiger charge is -2.22. The van der Waals surface area contributed by atoms with E-state index in [1.54, 1.807) is 0 Å². The summed E-state index contributed by atoms with van der Waals surface area (Å²) in [6, 6.07) is 49.9. The van der Waals surface area contributed by atoms with Crippen LogP contribution in [0.4, 0.5) is 0 Å². The Morgan fingerprint density at radius 3 is 1.85 bits per heavy atom. The average Bonchev–Trinajstić information content (AvgIpc) is 3.36. The standard InChI is InChI=1S/C44H31N3/c1-44(2)39-11-7-6-10-36(39)38-25-33-17-16-32-24-34(18-19-35(32)37(33)26-40(38)44)42-27-41(30-8-4-3-5-9-30)46-43(47-42)31-14-12-28(13-15-31)29-20-22-45-23-21-29/h3-27H,1-2H3. The van der Waals surface area contributed by atoms with Gasteiger partial charge in [-0.25, -0.2) is 9.97 Å². The monoisotopic (exact) mass is 601 g/mol. The van der Waals surface area contributed by atoms with Crippen molar-refractivity contribution in [3.63, 3.8) is 0 Å². The third-order valence-electron chi connectivity index (χ3n) is 9.79. The molecule has 0 N–H and O–H groups in total. The second-order valence-corrected chi connectivity index (χ2v) is 12.9. The maximum Gasteiger partial charge on any atom is 0.160 e. The molecule has 0 atom stereocenters. The molecule has 2 heterocycles. The molecule has 222 valence electrons. The highest BCUT2D eigenvalue weighted by Crippen LogP contribution is 2.50. The van der Waals surface area contributed by atoms with Gasteiger partial charge in [-0.05, 0) is 91.3 Å². The van der Waals surface area contributed by atoms with E-state index in [1.807, 2.05) is 30.6 Å². The smallest absolute Gasteiger partial charge is 0.160 e. The summed E-state index contributed by atoms with van der Waals surface area (Å²) in [4.78, 5) is 14.3. The van der Waals surface area contributed by atoms with Crippen molar-refractivity contribution in [3.05, 3.63) is 163 Å². The zero-order chi connectivity index (χ0) is 31.5. The zero-order valence-electron chi connectivity index (χ0n) is 26.3. The van der Waals surface area contributed by atoms with Gasteiger partial charge in [-0.2, -0.15) is 0 Å². The summed E-state index contributed by atoms with van der Waals surface area (Å²) in [6.45, 7) is 4.69. The van der Waals surface area contributed by atoms with Crippen LogP contribution in [0.25, 0.3) is 77.7 Å². The van der Waals surface area contributed by atoms with E-state index in [-0.39, 0.29) is 5.41 Å². The van der Waals surface area contributed by atoms with Crippen molar-refractivity contribution < 1.29 is 0 Å².